The van der Waals surface area contributed by atoms with Crippen LogP contribution in [0.4, 0.5) is 0 Å². The monoisotopic (exact) mass is 433 g/mol. The van der Waals surface area contributed by atoms with Gasteiger partial charge in [-0.3, -0.25) is 4.90 Å². The molecule has 5 rings (SSSR count). The molecule has 0 saturated heterocycles. The number of ether oxygens (including phenoxy) is 2. The lowest BCUT2D eigenvalue weighted by Crippen LogP contribution is -2.30. The molecule has 1 aliphatic heterocycles. The zero-order valence-corrected chi connectivity index (χ0v) is 18.3. The van der Waals surface area contributed by atoms with Gasteiger partial charge in [-0.15, -0.1) is 11.3 Å². The second-order valence-corrected chi connectivity index (χ2v) is 8.61. The van der Waals surface area contributed by atoms with Crippen molar-refractivity contribution in [2.75, 3.05) is 20.8 Å². The van der Waals surface area contributed by atoms with Crippen LogP contribution in [0.5, 0.6) is 11.5 Å². The SMILES string of the molecule is COc1ccc(-c2ccc(CN3CCc4nc(-c5ccco5)ncc4C3)s2)cc1OC. The van der Waals surface area contributed by atoms with E-state index in [4.69, 9.17) is 18.9 Å². The first kappa shape index (κ1) is 19.8. The van der Waals surface area contributed by atoms with Crippen LogP contribution in [0.1, 0.15) is 16.1 Å². The number of aromatic nitrogens is 2. The molecule has 31 heavy (non-hydrogen) atoms. The fraction of sp³-hybridized carbons (Fsp3) is 0.250. The standard InChI is InChI=1S/C24H23N3O3S/c1-28-20-7-5-16(12-22(20)29-2)23-8-6-18(31-23)15-27-10-9-19-17(14-27)13-25-24(26-19)21-4-3-11-30-21/h3-8,11-13H,9-10,14-15H2,1-2H3. The van der Waals surface area contributed by atoms with Gasteiger partial charge >= 0.3 is 0 Å². The van der Waals surface area contributed by atoms with Crippen molar-refractivity contribution in [2.45, 2.75) is 19.5 Å². The summed E-state index contributed by atoms with van der Waals surface area (Å²) in [4.78, 5) is 14.2. The zero-order valence-electron chi connectivity index (χ0n) is 17.5. The van der Waals surface area contributed by atoms with E-state index >= 15 is 0 Å². The molecule has 158 valence electrons. The average Bonchev–Trinajstić information content (AvgIpc) is 3.51. The normalized spacial score (nSPS) is 13.7. The van der Waals surface area contributed by atoms with Crippen molar-refractivity contribution >= 4 is 11.3 Å². The predicted molar refractivity (Wildman–Crippen MR) is 120 cm³/mol. The molecule has 1 aromatic carbocycles. The van der Waals surface area contributed by atoms with Gasteiger partial charge in [-0.05, 0) is 48.0 Å². The topological polar surface area (TPSA) is 60.6 Å². The predicted octanol–water partition coefficient (Wildman–Crippen LogP) is 5.04. The van der Waals surface area contributed by atoms with Crippen LogP contribution in [0.2, 0.25) is 0 Å². The van der Waals surface area contributed by atoms with E-state index in [0.29, 0.717) is 11.6 Å². The molecule has 3 aromatic heterocycles. The Hall–Kier alpha value is -3.16. The van der Waals surface area contributed by atoms with Crippen molar-refractivity contribution in [2.24, 2.45) is 0 Å². The molecule has 0 radical (unpaired) electrons. The Morgan fingerprint density at radius 1 is 1.10 bits per heavy atom. The molecule has 0 unspecified atom stereocenters. The summed E-state index contributed by atoms with van der Waals surface area (Å²) in [7, 11) is 3.32. The van der Waals surface area contributed by atoms with E-state index in [1.165, 1.54) is 15.3 Å². The molecule has 4 heterocycles. The molecular formula is C24H23N3O3S. The van der Waals surface area contributed by atoms with Gasteiger partial charge in [-0.2, -0.15) is 0 Å². The van der Waals surface area contributed by atoms with Gasteiger partial charge in [0.15, 0.2) is 23.1 Å². The molecule has 0 fully saturated rings. The zero-order chi connectivity index (χ0) is 21.2. The van der Waals surface area contributed by atoms with E-state index < -0.39 is 0 Å². The molecule has 0 bridgehead atoms. The fourth-order valence-electron chi connectivity index (χ4n) is 3.86. The van der Waals surface area contributed by atoms with Gasteiger partial charge in [0.1, 0.15) is 0 Å². The van der Waals surface area contributed by atoms with Crippen molar-refractivity contribution in [3.05, 3.63) is 71.1 Å². The molecular weight excluding hydrogens is 410 g/mol. The molecule has 0 aliphatic carbocycles. The van der Waals surface area contributed by atoms with E-state index in [1.54, 1.807) is 20.5 Å². The fourth-order valence-corrected chi connectivity index (χ4v) is 4.91. The highest BCUT2D eigenvalue weighted by Crippen LogP contribution is 2.36. The van der Waals surface area contributed by atoms with E-state index in [1.807, 2.05) is 41.8 Å². The Morgan fingerprint density at radius 3 is 2.81 bits per heavy atom. The van der Waals surface area contributed by atoms with E-state index in [0.717, 1.165) is 48.8 Å². The highest BCUT2D eigenvalue weighted by atomic mass is 32.1. The molecule has 0 spiro atoms. The van der Waals surface area contributed by atoms with Crippen LogP contribution < -0.4 is 9.47 Å². The summed E-state index contributed by atoms with van der Waals surface area (Å²) in [6.07, 6.45) is 4.51. The highest BCUT2D eigenvalue weighted by molar-refractivity contribution is 7.15. The smallest absolute Gasteiger partial charge is 0.195 e. The van der Waals surface area contributed by atoms with Gasteiger partial charge in [0.2, 0.25) is 0 Å². The second kappa shape index (κ2) is 8.53. The second-order valence-electron chi connectivity index (χ2n) is 7.44. The number of benzene rings is 1. The summed E-state index contributed by atoms with van der Waals surface area (Å²) in [5.74, 6) is 2.87. The largest absolute Gasteiger partial charge is 0.493 e. The quantitative estimate of drug-likeness (QED) is 0.425. The first-order chi connectivity index (χ1) is 15.2. The van der Waals surface area contributed by atoms with Gasteiger partial charge in [-0.1, -0.05) is 0 Å². The minimum atomic E-state index is 0.662. The van der Waals surface area contributed by atoms with Crippen molar-refractivity contribution in [3.8, 4) is 33.5 Å². The number of fused-ring (bicyclic) bond motifs is 1. The Kier molecular flexibility index (Phi) is 5.44. The number of nitrogens with zero attached hydrogens (tertiary/aromatic N) is 3. The van der Waals surface area contributed by atoms with Crippen LogP contribution in [-0.4, -0.2) is 35.6 Å². The Balaban J connectivity index is 1.28. The Labute approximate surface area is 185 Å². The number of hydrogen-bond acceptors (Lipinski definition) is 7. The number of hydrogen-bond donors (Lipinski definition) is 0. The minimum Gasteiger partial charge on any atom is -0.493 e. The molecule has 1 aliphatic rings. The van der Waals surface area contributed by atoms with Gasteiger partial charge < -0.3 is 13.9 Å². The van der Waals surface area contributed by atoms with E-state index in [9.17, 15) is 0 Å². The van der Waals surface area contributed by atoms with Gasteiger partial charge in [0.05, 0.1) is 26.2 Å². The number of thiophene rings is 1. The third-order valence-electron chi connectivity index (χ3n) is 5.46. The first-order valence-corrected chi connectivity index (χ1v) is 11.0. The van der Waals surface area contributed by atoms with Crippen molar-refractivity contribution in [3.63, 3.8) is 0 Å². The van der Waals surface area contributed by atoms with Crippen LogP contribution in [0, 0.1) is 0 Å². The minimum absolute atomic E-state index is 0.662. The summed E-state index contributed by atoms with van der Waals surface area (Å²) in [6.45, 7) is 2.75. The molecule has 4 aromatic rings. The summed E-state index contributed by atoms with van der Waals surface area (Å²) in [6, 6.07) is 14.2. The lowest BCUT2D eigenvalue weighted by Gasteiger charge is -2.27. The highest BCUT2D eigenvalue weighted by Gasteiger charge is 2.20. The number of furan rings is 1. The average molecular weight is 434 g/mol. The maximum absolute atomic E-state index is 5.45. The van der Waals surface area contributed by atoms with Crippen molar-refractivity contribution < 1.29 is 13.9 Å². The Bertz CT molecular complexity index is 1190. The summed E-state index contributed by atoms with van der Waals surface area (Å²) in [5, 5.41) is 0. The van der Waals surface area contributed by atoms with Crippen LogP contribution in [0.15, 0.2) is 59.3 Å². The third kappa shape index (κ3) is 4.06. The van der Waals surface area contributed by atoms with Gasteiger partial charge in [0.25, 0.3) is 0 Å². The van der Waals surface area contributed by atoms with Gasteiger partial charge in [-0.25, -0.2) is 9.97 Å². The van der Waals surface area contributed by atoms with Crippen LogP contribution in [-0.2, 0) is 19.5 Å². The molecule has 0 atom stereocenters. The number of methoxy groups -OCH3 is 2. The van der Waals surface area contributed by atoms with Crippen molar-refractivity contribution in [1.82, 2.24) is 14.9 Å². The molecule has 0 amide bonds. The maximum Gasteiger partial charge on any atom is 0.195 e. The summed E-state index contributed by atoms with van der Waals surface area (Å²) in [5.41, 5.74) is 3.45. The van der Waals surface area contributed by atoms with E-state index in [2.05, 4.69) is 28.1 Å². The third-order valence-corrected chi connectivity index (χ3v) is 6.58. The summed E-state index contributed by atoms with van der Waals surface area (Å²) >= 11 is 1.81. The summed E-state index contributed by atoms with van der Waals surface area (Å²) < 4.78 is 16.2. The molecule has 7 heteroatoms. The van der Waals surface area contributed by atoms with Crippen molar-refractivity contribution in [1.29, 1.82) is 0 Å². The number of rotatable bonds is 6. The molecule has 6 nitrogen and oxygen atoms in total. The van der Waals surface area contributed by atoms with Crippen LogP contribution >= 0.6 is 11.3 Å². The van der Waals surface area contributed by atoms with Crippen LogP contribution in [0.3, 0.4) is 0 Å². The molecule has 0 saturated carbocycles. The lowest BCUT2D eigenvalue weighted by molar-refractivity contribution is 0.245. The molecule has 0 N–H and O–H groups in total. The lowest BCUT2D eigenvalue weighted by atomic mass is 10.1. The van der Waals surface area contributed by atoms with E-state index in [-0.39, 0.29) is 0 Å². The van der Waals surface area contributed by atoms with Crippen LogP contribution in [0.25, 0.3) is 22.0 Å². The first-order valence-electron chi connectivity index (χ1n) is 10.2. The van der Waals surface area contributed by atoms with Gasteiger partial charge in [0, 0.05) is 47.6 Å². The maximum atomic E-state index is 5.45. The Morgan fingerprint density at radius 2 is 2.00 bits per heavy atom.